The van der Waals surface area contributed by atoms with Gasteiger partial charge < -0.3 is 20.1 Å². The number of ether oxygens (including phenoxy) is 2. The number of esters is 2. The maximum atomic E-state index is 12.6. The molecule has 0 heterocycles. The van der Waals surface area contributed by atoms with Gasteiger partial charge in [0.25, 0.3) is 0 Å². The summed E-state index contributed by atoms with van der Waals surface area (Å²) in [6.07, 6.45) is 50.8. The molecule has 3 N–H and O–H groups in total. The lowest BCUT2D eigenvalue weighted by Crippen LogP contribution is -2.29. The summed E-state index contributed by atoms with van der Waals surface area (Å²) < 4.78 is 32.7. The van der Waals surface area contributed by atoms with E-state index < -0.39 is 32.5 Å². The Labute approximate surface area is 341 Å². The third-order valence-corrected chi connectivity index (χ3v) is 9.80. The fourth-order valence-corrected chi connectivity index (χ4v) is 6.29. The molecule has 0 radical (unpaired) electrons. The van der Waals surface area contributed by atoms with Crippen LogP contribution in [0.15, 0.2) is 72.9 Å². The Morgan fingerprint density at radius 3 is 1.48 bits per heavy atom. The third kappa shape index (κ3) is 41.1. The summed E-state index contributed by atoms with van der Waals surface area (Å²) in [5.74, 6) is -0.916. The average Bonchev–Trinajstić information content (AvgIpc) is 3.18. The van der Waals surface area contributed by atoms with Crippen LogP contribution in [0.4, 0.5) is 0 Å². The van der Waals surface area contributed by atoms with Crippen molar-refractivity contribution in [1.29, 1.82) is 0 Å². The SMILES string of the molecule is CCCC/C=C/C/C=C/CCCCCCCC(=O)OC[C@H](COP(=O)(O)OCCN)OC(=O)CCC/C=C/C/C=C/C/C=C/C/C=C/CCCCCCCCC. The molecule has 0 bridgehead atoms. The Bertz CT molecular complexity index is 1150. The molecule has 0 spiro atoms. The maximum absolute atomic E-state index is 12.6. The first kappa shape index (κ1) is 53.5. The van der Waals surface area contributed by atoms with E-state index in [0.717, 1.165) is 64.2 Å². The first-order valence-corrected chi connectivity index (χ1v) is 23.4. The van der Waals surface area contributed by atoms with Gasteiger partial charge in [0.05, 0.1) is 13.2 Å². The molecule has 1 unspecified atom stereocenters. The highest BCUT2D eigenvalue weighted by molar-refractivity contribution is 7.47. The van der Waals surface area contributed by atoms with Crippen LogP contribution in [0.1, 0.15) is 174 Å². The van der Waals surface area contributed by atoms with Crippen LogP contribution in [-0.2, 0) is 32.7 Å². The number of phosphoric acid groups is 1. The lowest BCUT2D eigenvalue weighted by atomic mass is 10.1. The van der Waals surface area contributed by atoms with Crippen LogP contribution in [0.5, 0.6) is 0 Å². The highest BCUT2D eigenvalue weighted by Crippen LogP contribution is 2.43. The summed E-state index contributed by atoms with van der Waals surface area (Å²) in [6.45, 7) is 3.59. The quantitative estimate of drug-likeness (QED) is 0.0268. The van der Waals surface area contributed by atoms with Crippen molar-refractivity contribution >= 4 is 19.8 Å². The molecule has 0 saturated heterocycles. The second kappa shape index (κ2) is 42.1. The zero-order chi connectivity index (χ0) is 41.1. The molecule has 0 saturated carbocycles. The summed E-state index contributed by atoms with van der Waals surface area (Å²) in [5, 5.41) is 0. The minimum atomic E-state index is -4.40. The van der Waals surface area contributed by atoms with Crippen molar-refractivity contribution in [2.45, 2.75) is 180 Å². The standard InChI is InChI=1S/C46H80NO8P/c1-3-5-7-9-11-13-15-17-19-20-21-22-23-24-25-27-29-31-33-35-37-39-46(49)55-44(43-54-56(50,51)53-41-40-47)42-52-45(48)38-36-34-32-30-28-26-18-16-14-12-10-8-6-4-2/h10,12,16,18-20,22-23,25,27,31,33,44H,3-9,11,13-15,17,21,24,26,28-30,32,34-43,47H2,1-2H3,(H,50,51)/b12-10+,18-16+,20-19+,23-22+,27-25+,33-31+/t44-/m1/s1. The molecule has 0 aliphatic rings. The second-order valence-corrected chi connectivity index (χ2v) is 15.7. The normalized spacial score (nSPS) is 14.0. The predicted octanol–water partition coefficient (Wildman–Crippen LogP) is 12.7. The van der Waals surface area contributed by atoms with Gasteiger partial charge in [-0.2, -0.15) is 0 Å². The van der Waals surface area contributed by atoms with E-state index in [2.05, 4.69) is 80.7 Å². The predicted molar refractivity (Wildman–Crippen MR) is 233 cm³/mol. The smallest absolute Gasteiger partial charge is 0.462 e. The maximum Gasteiger partial charge on any atom is 0.472 e. The van der Waals surface area contributed by atoms with Crippen molar-refractivity contribution in [3.63, 3.8) is 0 Å². The molecular weight excluding hydrogens is 725 g/mol. The Morgan fingerprint density at radius 1 is 0.536 bits per heavy atom. The van der Waals surface area contributed by atoms with Crippen LogP contribution in [0.2, 0.25) is 0 Å². The average molecular weight is 806 g/mol. The first-order chi connectivity index (χ1) is 27.3. The van der Waals surface area contributed by atoms with Crippen LogP contribution in [0.3, 0.4) is 0 Å². The molecule has 0 aliphatic heterocycles. The number of carbonyl (C=O) groups is 2. The lowest BCUT2D eigenvalue weighted by Gasteiger charge is -2.19. The van der Waals surface area contributed by atoms with Gasteiger partial charge in [0.1, 0.15) is 6.61 Å². The van der Waals surface area contributed by atoms with Gasteiger partial charge in [-0.3, -0.25) is 18.6 Å². The van der Waals surface area contributed by atoms with Crippen LogP contribution >= 0.6 is 7.82 Å². The zero-order valence-corrected chi connectivity index (χ0v) is 36.2. The zero-order valence-electron chi connectivity index (χ0n) is 35.3. The van der Waals surface area contributed by atoms with Gasteiger partial charge in [-0.1, -0.05) is 157 Å². The van der Waals surface area contributed by atoms with Crippen molar-refractivity contribution < 1.29 is 37.6 Å². The molecule has 0 aromatic heterocycles. The van der Waals surface area contributed by atoms with Crippen LogP contribution in [0, 0.1) is 0 Å². The number of rotatable bonds is 40. The van der Waals surface area contributed by atoms with Gasteiger partial charge >= 0.3 is 19.8 Å². The number of hydrogen-bond acceptors (Lipinski definition) is 8. The van der Waals surface area contributed by atoms with Crippen LogP contribution < -0.4 is 5.73 Å². The van der Waals surface area contributed by atoms with Gasteiger partial charge in [0, 0.05) is 19.4 Å². The second-order valence-electron chi connectivity index (χ2n) is 14.2. The number of unbranched alkanes of at least 4 members (excludes halogenated alkanes) is 15. The Hall–Kier alpha value is -2.55. The minimum absolute atomic E-state index is 0.0393. The number of allylic oxidation sites excluding steroid dienone is 12. The van der Waals surface area contributed by atoms with Crippen LogP contribution in [-0.4, -0.2) is 49.3 Å². The molecule has 0 fully saturated rings. The molecule has 0 amide bonds. The van der Waals surface area contributed by atoms with Gasteiger partial charge in [-0.25, -0.2) is 4.57 Å². The molecule has 0 aliphatic carbocycles. The van der Waals surface area contributed by atoms with Crippen molar-refractivity contribution in [1.82, 2.24) is 0 Å². The third-order valence-electron chi connectivity index (χ3n) is 8.81. The Balaban J connectivity index is 4.28. The molecule has 322 valence electrons. The molecule has 2 atom stereocenters. The fraction of sp³-hybridized carbons (Fsp3) is 0.696. The van der Waals surface area contributed by atoms with Crippen LogP contribution in [0.25, 0.3) is 0 Å². The van der Waals surface area contributed by atoms with E-state index in [1.807, 2.05) is 6.08 Å². The summed E-state index contributed by atoms with van der Waals surface area (Å²) in [6, 6.07) is 0. The van der Waals surface area contributed by atoms with Crippen molar-refractivity contribution in [3.05, 3.63) is 72.9 Å². The van der Waals surface area contributed by atoms with Gasteiger partial charge in [0.15, 0.2) is 6.10 Å². The van der Waals surface area contributed by atoms with Gasteiger partial charge in [-0.05, 0) is 77.0 Å². The topological polar surface area (TPSA) is 134 Å². The van der Waals surface area contributed by atoms with Crippen molar-refractivity contribution in [3.8, 4) is 0 Å². The summed E-state index contributed by atoms with van der Waals surface area (Å²) in [4.78, 5) is 34.8. The minimum Gasteiger partial charge on any atom is -0.462 e. The largest absolute Gasteiger partial charge is 0.472 e. The molecule has 10 heteroatoms. The van der Waals surface area contributed by atoms with Crippen molar-refractivity contribution in [2.24, 2.45) is 5.73 Å². The Morgan fingerprint density at radius 2 is 0.964 bits per heavy atom. The molecule has 56 heavy (non-hydrogen) atoms. The van der Waals surface area contributed by atoms with Gasteiger partial charge in [0.2, 0.25) is 0 Å². The Kier molecular flexibility index (Phi) is 40.2. The number of nitrogens with two attached hydrogens (primary N) is 1. The van der Waals surface area contributed by atoms with E-state index in [0.29, 0.717) is 19.3 Å². The van der Waals surface area contributed by atoms with E-state index in [9.17, 15) is 19.0 Å². The summed E-state index contributed by atoms with van der Waals surface area (Å²) >= 11 is 0. The first-order valence-electron chi connectivity index (χ1n) is 21.9. The van der Waals surface area contributed by atoms with E-state index >= 15 is 0 Å². The number of carbonyl (C=O) groups excluding carboxylic acids is 2. The van der Waals surface area contributed by atoms with E-state index in [-0.39, 0.29) is 32.6 Å². The summed E-state index contributed by atoms with van der Waals surface area (Å²) in [5.41, 5.74) is 5.34. The number of phosphoric ester groups is 1. The highest BCUT2D eigenvalue weighted by atomic mass is 31.2. The van der Waals surface area contributed by atoms with Crippen molar-refractivity contribution in [2.75, 3.05) is 26.4 Å². The molecule has 0 aromatic rings. The highest BCUT2D eigenvalue weighted by Gasteiger charge is 2.25. The van der Waals surface area contributed by atoms with Gasteiger partial charge in [-0.15, -0.1) is 0 Å². The number of hydrogen-bond donors (Lipinski definition) is 2. The van der Waals surface area contributed by atoms with E-state index in [1.165, 1.54) is 64.2 Å². The monoisotopic (exact) mass is 806 g/mol. The molecule has 0 aromatic carbocycles. The fourth-order valence-electron chi connectivity index (χ4n) is 5.52. The van der Waals surface area contributed by atoms with E-state index in [1.54, 1.807) is 0 Å². The molecule has 9 nitrogen and oxygen atoms in total. The molecular formula is C46H80NO8P. The molecule has 0 rings (SSSR count). The lowest BCUT2D eigenvalue weighted by molar-refractivity contribution is -0.161. The summed E-state index contributed by atoms with van der Waals surface area (Å²) in [7, 11) is -4.40. The van der Waals surface area contributed by atoms with E-state index in [4.69, 9.17) is 24.3 Å².